The third-order valence-corrected chi connectivity index (χ3v) is 1.88. The first-order valence-electron chi connectivity index (χ1n) is 3.95. The molecule has 1 heterocycles. The summed E-state index contributed by atoms with van der Waals surface area (Å²) < 4.78 is 5.37. The second-order valence-corrected chi connectivity index (χ2v) is 2.74. The summed E-state index contributed by atoms with van der Waals surface area (Å²) in [5.74, 6) is 1.98. The Balaban J connectivity index is 2.73. The number of aliphatic hydroxyl groups is 1. The molecule has 1 unspecified atom stereocenters. The maximum absolute atomic E-state index is 8.93. The largest absolute Gasteiger partial charge is 0.466 e. The van der Waals surface area contributed by atoms with Gasteiger partial charge in [0.1, 0.15) is 11.5 Å². The van der Waals surface area contributed by atoms with Crippen LogP contribution in [0.2, 0.25) is 0 Å². The average molecular weight is 154 g/mol. The van der Waals surface area contributed by atoms with E-state index in [4.69, 9.17) is 9.52 Å². The van der Waals surface area contributed by atoms with E-state index < -0.39 is 0 Å². The Labute approximate surface area is 66.8 Å². The molecule has 1 aromatic rings. The molecule has 1 rings (SSSR count). The zero-order valence-electron chi connectivity index (χ0n) is 7.00. The SMILES string of the molecule is CCC(CO)c1ccc(C)o1. The van der Waals surface area contributed by atoms with Gasteiger partial charge in [-0.2, -0.15) is 0 Å². The van der Waals surface area contributed by atoms with Crippen LogP contribution in [0.4, 0.5) is 0 Å². The number of furan rings is 1. The van der Waals surface area contributed by atoms with Crippen LogP contribution in [0.1, 0.15) is 30.8 Å². The van der Waals surface area contributed by atoms with Crippen LogP contribution in [-0.4, -0.2) is 11.7 Å². The molecular formula is C9H14O2. The van der Waals surface area contributed by atoms with Crippen LogP contribution in [0.15, 0.2) is 16.5 Å². The van der Waals surface area contributed by atoms with E-state index in [2.05, 4.69) is 0 Å². The van der Waals surface area contributed by atoms with Gasteiger partial charge in [-0.25, -0.2) is 0 Å². The van der Waals surface area contributed by atoms with Crippen LogP contribution in [0.3, 0.4) is 0 Å². The second-order valence-electron chi connectivity index (χ2n) is 2.74. The molecule has 2 nitrogen and oxygen atoms in total. The van der Waals surface area contributed by atoms with Crippen LogP contribution < -0.4 is 0 Å². The van der Waals surface area contributed by atoms with Gasteiger partial charge < -0.3 is 9.52 Å². The fourth-order valence-electron chi connectivity index (χ4n) is 1.09. The molecule has 0 aliphatic heterocycles. The summed E-state index contributed by atoms with van der Waals surface area (Å²) in [4.78, 5) is 0. The van der Waals surface area contributed by atoms with Gasteiger partial charge in [-0.05, 0) is 25.5 Å². The maximum Gasteiger partial charge on any atom is 0.109 e. The zero-order valence-corrected chi connectivity index (χ0v) is 7.00. The van der Waals surface area contributed by atoms with Crippen LogP contribution in [0.5, 0.6) is 0 Å². The Hall–Kier alpha value is -0.760. The first-order valence-corrected chi connectivity index (χ1v) is 3.95. The molecule has 62 valence electrons. The van der Waals surface area contributed by atoms with Crippen molar-refractivity contribution in [1.29, 1.82) is 0 Å². The summed E-state index contributed by atoms with van der Waals surface area (Å²) in [6.07, 6.45) is 0.920. The summed E-state index contributed by atoms with van der Waals surface area (Å²) in [7, 11) is 0. The van der Waals surface area contributed by atoms with Gasteiger partial charge in [0.25, 0.3) is 0 Å². The Bertz CT molecular complexity index is 211. The van der Waals surface area contributed by atoms with Gasteiger partial charge in [0.2, 0.25) is 0 Å². The molecule has 0 aliphatic rings. The topological polar surface area (TPSA) is 33.4 Å². The molecule has 1 aromatic heterocycles. The highest BCUT2D eigenvalue weighted by atomic mass is 16.3. The summed E-state index contributed by atoms with van der Waals surface area (Å²) in [6, 6.07) is 3.85. The lowest BCUT2D eigenvalue weighted by molar-refractivity contribution is 0.244. The van der Waals surface area contributed by atoms with Crippen molar-refractivity contribution in [2.45, 2.75) is 26.2 Å². The predicted octanol–water partition coefficient (Wildman–Crippen LogP) is 2.07. The smallest absolute Gasteiger partial charge is 0.109 e. The molecule has 11 heavy (non-hydrogen) atoms. The van der Waals surface area contributed by atoms with E-state index in [0.29, 0.717) is 0 Å². The molecule has 1 atom stereocenters. The van der Waals surface area contributed by atoms with E-state index in [1.54, 1.807) is 0 Å². The van der Waals surface area contributed by atoms with Gasteiger partial charge in [0.05, 0.1) is 6.61 Å². The Morgan fingerprint density at radius 2 is 2.27 bits per heavy atom. The van der Waals surface area contributed by atoms with Gasteiger partial charge >= 0.3 is 0 Å². The minimum Gasteiger partial charge on any atom is -0.466 e. The monoisotopic (exact) mass is 154 g/mol. The van der Waals surface area contributed by atoms with Gasteiger partial charge in [-0.15, -0.1) is 0 Å². The molecule has 0 fully saturated rings. The third kappa shape index (κ3) is 1.84. The van der Waals surface area contributed by atoms with Gasteiger partial charge in [-0.1, -0.05) is 6.92 Å². The maximum atomic E-state index is 8.93. The Kier molecular flexibility index (Phi) is 2.71. The predicted molar refractivity (Wildman–Crippen MR) is 43.6 cm³/mol. The number of hydrogen-bond acceptors (Lipinski definition) is 2. The lowest BCUT2D eigenvalue weighted by atomic mass is 10.1. The first-order chi connectivity index (χ1) is 5.27. The fourth-order valence-corrected chi connectivity index (χ4v) is 1.09. The molecular weight excluding hydrogens is 140 g/mol. The van der Waals surface area contributed by atoms with E-state index in [1.165, 1.54) is 0 Å². The van der Waals surface area contributed by atoms with Gasteiger partial charge in [0, 0.05) is 5.92 Å². The van der Waals surface area contributed by atoms with Gasteiger partial charge in [-0.3, -0.25) is 0 Å². The lowest BCUT2D eigenvalue weighted by Gasteiger charge is -2.06. The molecule has 0 aromatic carbocycles. The minimum absolute atomic E-state index is 0.170. The molecule has 0 radical (unpaired) electrons. The van der Waals surface area contributed by atoms with E-state index in [-0.39, 0.29) is 12.5 Å². The van der Waals surface area contributed by atoms with Gasteiger partial charge in [0.15, 0.2) is 0 Å². The molecule has 0 saturated carbocycles. The number of aliphatic hydroxyl groups excluding tert-OH is 1. The van der Waals surface area contributed by atoms with E-state index in [0.717, 1.165) is 17.9 Å². The van der Waals surface area contributed by atoms with Crippen LogP contribution >= 0.6 is 0 Å². The van der Waals surface area contributed by atoms with Crippen LogP contribution in [0, 0.1) is 6.92 Å². The normalized spacial score (nSPS) is 13.4. The minimum atomic E-state index is 0.170. The quantitative estimate of drug-likeness (QED) is 0.723. The van der Waals surface area contributed by atoms with E-state index >= 15 is 0 Å². The van der Waals surface area contributed by atoms with Crippen molar-refractivity contribution in [3.63, 3.8) is 0 Å². The fraction of sp³-hybridized carbons (Fsp3) is 0.556. The van der Waals surface area contributed by atoms with Crippen molar-refractivity contribution in [3.8, 4) is 0 Å². The highest BCUT2D eigenvalue weighted by Gasteiger charge is 2.10. The van der Waals surface area contributed by atoms with Crippen molar-refractivity contribution >= 4 is 0 Å². The molecule has 0 amide bonds. The van der Waals surface area contributed by atoms with Crippen molar-refractivity contribution in [2.75, 3.05) is 6.61 Å². The van der Waals surface area contributed by atoms with Crippen molar-refractivity contribution in [1.82, 2.24) is 0 Å². The molecule has 2 heteroatoms. The third-order valence-electron chi connectivity index (χ3n) is 1.88. The van der Waals surface area contributed by atoms with Crippen molar-refractivity contribution < 1.29 is 9.52 Å². The molecule has 1 N–H and O–H groups in total. The van der Waals surface area contributed by atoms with Crippen molar-refractivity contribution in [3.05, 3.63) is 23.7 Å². The summed E-state index contributed by atoms with van der Waals surface area (Å²) >= 11 is 0. The first kappa shape index (κ1) is 8.34. The second kappa shape index (κ2) is 3.58. The van der Waals surface area contributed by atoms with Crippen LogP contribution in [0.25, 0.3) is 0 Å². The highest BCUT2D eigenvalue weighted by Crippen LogP contribution is 2.20. The standard InChI is InChI=1S/C9H14O2/c1-3-8(6-10)9-5-4-7(2)11-9/h4-5,8,10H,3,6H2,1-2H3. The molecule has 0 aliphatic carbocycles. The number of rotatable bonds is 3. The van der Waals surface area contributed by atoms with Crippen LogP contribution in [-0.2, 0) is 0 Å². The Morgan fingerprint density at radius 1 is 1.55 bits per heavy atom. The Morgan fingerprint density at radius 3 is 2.64 bits per heavy atom. The van der Waals surface area contributed by atoms with Crippen molar-refractivity contribution in [2.24, 2.45) is 0 Å². The molecule has 0 bridgehead atoms. The summed E-state index contributed by atoms with van der Waals surface area (Å²) in [6.45, 7) is 4.12. The highest BCUT2D eigenvalue weighted by molar-refractivity contribution is 5.09. The van der Waals surface area contributed by atoms with E-state index in [1.807, 2.05) is 26.0 Å². The summed E-state index contributed by atoms with van der Waals surface area (Å²) in [5.41, 5.74) is 0. The zero-order chi connectivity index (χ0) is 8.27. The van der Waals surface area contributed by atoms with E-state index in [9.17, 15) is 0 Å². The lowest BCUT2D eigenvalue weighted by Crippen LogP contribution is -2.00. The molecule has 0 saturated heterocycles. The molecule has 0 spiro atoms. The number of aryl methyl sites for hydroxylation is 1. The number of hydrogen-bond donors (Lipinski definition) is 1. The average Bonchev–Trinajstić information content (AvgIpc) is 2.39. The summed E-state index contributed by atoms with van der Waals surface area (Å²) in [5, 5.41) is 8.93.